The van der Waals surface area contributed by atoms with Crippen molar-refractivity contribution in [2.24, 2.45) is 0 Å². The van der Waals surface area contributed by atoms with E-state index in [4.69, 9.17) is 4.98 Å². The van der Waals surface area contributed by atoms with Crippen LogP contribution in [0.1, 0.15) is 46.7 Å². The van der Waals surface area contributed by atoms with Crippen molar-refractivity contribution in [1.82, 2.24) is 14.7 Å². The Bertz CT molecular complexity index is 594. The third-order valence-electron chi connectivity index (χ3n) is 3.98. The first kappa shape index (κ1) is 15.8. The third-order valence-corrected chi connectivity index (χ3v) is 3.98. The van der Waals surface area contributed by atoms with Gasteiger partial charge in [-0.25, -0.2) is 4.98 Å². The van der Waals surface area contributed by atoms with E-state index in [9.17, 15) is 0 Å². The molecule has 0 amide bonds. The molecule has 0 fully saturated rings. The molecule has 2 aromatic rings. The zero-order valence-electron chi connectivity index (χ0n) is 14.1. The summed E-state index contributed by atoms with van der Waals surface area (Å²) in [6.07, 6.45) is 3.20. The van der Waals surface area contributed by atoms with E-state index < -0.39 is 0 Å². The highest BCUT2D eigenvalue weighted by Crippen LogP contribution is 2.23. The van der Waals surface area contributed by atoms with Gasteiger partial charge in [-0.3, -0.25) is 0 Å². The van der Waals surface area contributed by atoms with Crippen molar-refractivity contribution in [3.05, 3.63) is 30.1 Å². The van der Waals surface area contributed by atoms with E-state index in [1.807, 2.05) is 6.07 Å². The Kier molecular flexibility index (Phi) is 4.57. The number of rotatable bonds is 5. The molecule has 2 aromatic heterocycles. The van der Waals surface area contributed by atoms with Gasteiger partial charge in [-0.1, -0.05) is 13.0 Å². The molecule has 0 aliphatic rings. The quantitative estimate of drug-likeness (QED) is 0.914. The van der Waals surface area contributed by atoms with E-state index in [0.717, 1.165) is 24.4 Å². The number of nitrogens with zero attached hydrogens (tertiary/aromatic N) is 3. The van der Waals surface area contributed by atoms with Crippen LogP contribution in [0.15, 0.2) is 24.4 Å². The van der Waals surface area contributed by atoms with Crippen molar-refractivity contribution in [1.29, 1.82) is 0 Å². The van der Waals surface area contributed by atoms with Gasteiger partial charge in [0, 0.05) is 31.4 Å². The van der Waals surface area contributed by atoms with E-state index in [0.29, 0.717) is 6.04 Å². The molecule has 0 aliphatic carbocycles. The van der Waals surface area contributed by atoms with E-state index in [2.05, 4.69) is 74.6 Å². The minimum atomic E-state index is 0.0884. The number of hydrogen-bond donors (Lipinski definition) is 1. The number of nitrogens with one attached hydrogen (secondary N) is 1. The maximum atomic E-state index is 4.83. The van der Waals surface area contributed by atoms with Crippen LogP contribution >= 0.6 is 0 Å². The molecule has 2 heterocycles. The van der Waals surface area contributed by atoms with Gasteiger partial charge in [0.15, 0.2) is 5.82 Å². The number of imidazole rings is 1. The number of anilines is 1. The molecular weight excluding hydrogens is 260 g/mol. The summed E-state index contributed by atoms with van der Waals surface area (Å²) in [5.41, 5.74) is 2.32. The maximum Gasteiger partial charge on any atom is 0.152 e. The van der Waals surface area contributed by atoms with Crippen LogP contribution in [0.2, 0.25) is 0 Å². The van der Waals surface area contributed by atoms with Crippen molar-refractivity contribution >= 4 is 11.5 Å². The van der Waals surface area contributed by atoms with Crippen LogP contribution in [0.4, 0.5) is 5.82 Å². The fraction of sp³-hybridized carbons (Fsp3) is 0.588. The van der Waals surface area contributed by atoms with Crippen molar-refractivity contribution in [2.45, 2.75) is 59.2 Å². The Morgan fingerprint density at radius 3 is 2.67 bits per heavy atom. The van der Waals surface area contributed by atoms with E-state index in [1.54, 1.807) is 0 Å². The molecule has 0 aliphatic heterocycles. The standard InChI is InChI=1S/C17H28N4/c1-7-13(2)20(6)16-14(12-18-17(3,4)5)21-11-9-8-10-15(21)19-16/h8-11,13,18H,7,12H2,1-6H3. The summed E-state index contributed by atoms with van der Waals surface area (Å²) in [5.74, 6) is 1.08. The van der Waals surface area contributed by atoms with Gasteiger partial charge in [-0.05, 0) is 46.2 Å². The monoisotopic (exact) mass is 288 g/mol. The predicted octanol–water partition coefficient (Wildman–Crippen LogP) is 3.46. The summed E-state index contributed by atoms with van der Waals surface area (Å²) in [5, 5.41) is 3.58. The maximum absolute atomic E-state index is 4.83. The molecule has 0 saturated heterocycles. The zero-order valence-corrected chi connectivity index (χ0v) is 14.1. The molecular formula is C17H28N4. The lowest BCUT2D eigenvalue weighted by atomic mass is 10.1. The normalized spacial score (nSPS) is 13.6. The second-order valence-electron chi connectivity index (χ2n) is 6.78. The minimum Gasteiger partial charge on any atom is -0.355 e. The molecule has 116 valence electrons. The highest BCUT2D eigenvalue weighted by molar-refractivity contribution is 5.56. The van der Waals surface area contributed by atoms with Crippen LogP contribution in [0.5, 0.6) is 0 Å². The highest BCUT2D eigenvalue weighted by Gasteiger charge is 2.20. The van der Waals surface area contributed by atoms with Gasteiger partial charge in [0.2, 0.25) is 0 Å². The van der Waals surface area contributed by atoms with Gasteiger partial charge in [0.1, 0.15) is 5.65 Å². The lowest BCUT2D eigenvalue weighted by Gasteiger charge is -2.26. The molecule has 21 heavy (non-hydrogen) atoms. The fourth-order valence-corrected chi connectivity index (χ4v) is 2.31. The zero-order chi connectivity index (χ0) is 15.6. The molecule has 1 N–H and O–H groups in total. The molecule has 0 radical (unpaired) electrons. The van der Waals surface area contributed by atoms with Gasteiger partial charge in [-0.2, -0.15) is 0 Å². The van der Waals surface area contributed by atoms with Crippen LogP contribution in [-0.2, 0) is 6.54 Å². The van der Waals surface area contributed by atoms with Crippen molar-refractivity contribution in [3.8, 4) is 0 Å². The van der Waals surface area contributed by atoms with Crippen LogP contribution in [0.25, 0.3) is 5.65 Å². The van der Waals surface area contributed by atoms with Crippen LogP contribution in [0, 0.1) is 0 Å². The number of aromatic nitrogens is 2. The average molecular weight is 288 g/mol. The van der Waals surface area contributed by atoms with Gasteiger partial charge in [0.05, 0.1) is 5.69 Å². The van der Waals surface area contributed by atoms with Crippen LogP contribution in [-0.4, -0.2) is 28.0 Å². The molecule has 0 aromatic carbocycles. The number of hydrogen-bond acceptors (Lipinski definition) is 3. The summed E-state index contributed by atoms with van der Waals surface area (Å²) >= 11 is 0. The van der Waals surface area contributed by atoms with Gasteiger partial charge in [-0.15, -0.1) is 0 Å². The highest BCUT2D eigenvalue weighted by atomic mass is 15.2. The Morgan fingerprint density at radius 1 is 1.33 bits per heavy atom. The lowest BCUT2D eigenvalue weighted by molar-refractivity contribution is 0.420. The average Bonchev–Trinajstić information content (AvgIpc) is 2.81. The van der Waals surface area contributed by atoms with Crippen molar-refractivity contribution in [2.75, 3.05) is 11.9 Å². The second-order valence-corrected chi connectivity index (χ2v) is 6.78. The molecule has 0 spiro atoms. The third kappa shape index (κ3) is 3.56. The summed E-state index contributed by atoms with van der Waals surface area (Å²) in [4.78, 5) is 7.12. The van der Waals surface area contributed by atoms with Gasteiger partial charge in [0.25, 0.3) is 0 Å². The molecule has 4 nitrogen and oxygen atoms in total. The smallest absolute Gasteiger partial charge is 0.152 e. The minimum absolute atomic E-state index is 0.0884. The first-order valence-corrected chi connectivity index (χ1v) is 7.77. The first-order valence-electron chi connectivity index (χ1n) is 7.77. The second kappa shape index (κ2) is 6.06. The Balaban J connectivity index is 2.43. The van der Waals surface area contributed by atoms with Gasteiger partial charge >= 0.3 is 0 Å². The largest absolute Gasteiger partial charge is 0.355 e. The SMILES string of the molecule is CCC(C)N(C)c1nc2ccccn2c1CNC(C)(C)C. The van der Waals surface area contributed by atoms with E-state index in [1.165, 1.54) is 5.69 Å². The Morgan fingerprint density at radius 2 is 2.05 bits per heavy atom. The number of pyridine rings is 1. The summed E-state index contributed by atoms with van der Waals surface area (Å²) < 4.78 is 2.19. The summed E-state index contributed by atoms with van der Waals surface area (Å²) in [6, 6.07) is 6.64. The van der Waals surface area contributed by atoms with Gasteiger partial charge < -0.3 is 14.6 Å². The molecule has 0 saturated carbocycles. The fourth-order valence-electron chi connectivity index (χ4n) is 2.31. The number of fused-ring (bicyclic) bond motifs is 1. The molecule has 2 rings (SSSR count). The van der Waals surface area contributed by atoms with Crippen molar-refractivity contribution in [3.63, 3.8) is 0 Å². The molecule has 4 heteroatoms. The van der Waals surface area contributed by atoms with Crippen LogP contribution in [0.3, 0.4) is 0 Å². The topological polar surface area (TPSA) is 32.6 Å². The van der Waals surface area contributed by atoms with E-state index >= 15 is 0 Å². The lowest BCUT2D eigenvalue weighted by Crippen LogP contribution is -2.36. The first-order chi connectivity index (χ1) is 9.83. The summed E-state index contributed by atoms with van der Waals surface area (Å²) in [6.45, 7) is 11.8. The molecule has 1 unspecified atom stereocenters. The Labute approximate surface area is 128 Å². The molecule has 0 bridgehead atoms. The van der Waals surface area contributed by atoms with Crippen LogP contribution < -0.4 is 10.2 Å². The predicted molar refractivity (Wildman–Crippen MR) is 89.9 cm³/mol. The molecule has 1 atom stereocenters. The van der Waals surface area contributed by atoms with E-state index in [-0.39, 0.29) is 5.54 Å². The van der Waals surface area contributed by atoms with Crippen molar-refractivity contribution < 1.29 is 0 Å². The Hall–Kier alpha value is -1.55. The summed E-state index contributed by atoms with van der Waals surface area (Å²) in [7, 11) is 2.14.